The van der Waals surface area contributed by atoms with Crippen LogP contribution in [-0.2, 0) is 19.1 Å². The highest BCUT2D eigenvalue weighted by molar-refractivity contribution is 5.86. The molecule has 0 aromatic rings. The van der Waals surface area contributed by atoms with Gasteiger partial charge in [0.25, 0.3) is 0 Å². The Morgan fingerprint density at radius 1 is 1.10 bits per heavy atom. The smallest absolute Gasteiger partial charge is 0.331 e. The number of morpholine rings is 1. The van der Waals surface area contributed by atoms with Gasteiger partial charge in [-0.15, -0.1) is 0 Å². The van der Waals surface area contributed by atoms with E-state index in [1.165, 1.54) is 26.4 Å². The summed E-state index contributed by atoms with van der Waals surface area (Å²) in [5, 5.41) is 0. The minimum atomic E-state index is -0.563. The molecule has 1 atom stereocenters. The Bertz CT molecular complexity index is 337. The first-order chi connectivity index (χ1) is 9.74. The Morgan fingerprint density at radius 3 is 2.40 bits per heavy atom. The molecule has 1 saturated heterocycles. The van der Waals surface area contributed by atoms with Crippen LogP contribution in [0.15, 0.2) is 0 Å². The molecule has 114 valence electrons. The predicted octanol–water partition coefficient (Wildman–Crippen LogP) is 1.75. The number of hydrogen-bond acceptors (Lipinski definition) is 4. The van der Waals surface area contributed by atoms with E-state index in [-0.39, 0.29) is 24.4 Å². The summed E-state index contributed by atoms with van der Waals surface area (Å²) in [4.78, 5) is 26.2. The zero-order chi connectivity index (χ0) is 14.4. The van der Waals surface area contributed by atoms with Crippen molar-refractivity contribution in [1.29, 1.82) is 0 Å². The Morgan fingerprint density at radius 2 is 1.75 bits per heavy atom. The van der Waals surface area contributed by atoms with Crippen LogP contribution < -0.4 is 0 Å². The largest absolute Gasteiger partial charge is 0.467 e. The van der Waals surface area contributed by atoms with Crippen molar-refractivity contribution < 1.29 is 19.1 Å². The lowest BCUT2D eigenvalue weighted by Crippen LogP contribution is -2.54. The lowest BCUT2D eigenvalue weighted by Gasteiger charge is -2.36. The van der Waals surface area contributed by atoms with Crippen molar-refractivity contribution in [2.45, 2.75) is 51.0 Å². The van der Waals surface area contributed by atoms with Crippen LogP contribution in [0.4, 0.5) is 0 Å². The number of ether oxygens (including phenoxy) is 2. The van der Waals surface area contributed by atoms with Crippen LogP contribution in [0.1, 0.15) is 44.9 Å². The maximum atomic E-state index is 12.7. The highest BCUT2D eigenvalue weighted by Crippen LogP contribution is 2.25. The molecule has 0 bridgehead atoms. The molecule has 0 N–H and O–H groups in total. The van der Waals surface area contributed by atoms with Gasteiger partial charge in [-0.05, 0) is 12.8 Å². The van der Waals surface area contributed by atoms with Crippen molar-refractivity contribution >= 4 is 11.9 Å². The van der Waals surface area contributed by atoms with Crippen molar-refractivity contribution in [3.8, 4) is 0 Å². The third kappa shape index (κ3) is 3.72. The first-order valence-electron chi connectivity index (χ1n) is 7.70. The van der Waals surface area contributed by atoms with Gasteiger partial charge in [-0.2, -0.15) is 0 Å². The van der Waals surface area contributed by atoms with Crippen molar-refractivity contribution in [2.75, 3.05) is 26.9 Å². The quantitative estimate of drug-likeness (QED) is 0.724. The van der Waals surface area contributed by atoms with Gasteiger partial charge in [-0.1, -0.05) is 32.1 Å². The second-order valence-corrected chi connectivity index (χ2v) is 5.69. The number of nitrogens with zero attached hydrogens (tertiary/aromatic N) is 1. The standard InChI is InChI=1S/C15H25NO4/c1-19-15(18)13-11-20-10-9-16(13)14(17)12-7-5-3-2-4-6-8-12/h12-13H,2-11H2,1H3. The van der Waals surface area contributed by atoms with E-state index in [0.29, 0.717) is 13.2 Å². The summed E-state index contributed by atoms with van der Waals surface area (Å²) in [6, 6.07) is -0.563. The van der Waals surface area contributed by atoms with E-state index >= 15 is 0 Å². The number of carbonyl (C=O) groups is 2. The van der Waals surface area contributed by atoms with E-state index in [4.69, 9.17) is 9.47 Å². The third-order valence-electron chi connectivity index (χ3n) is 4.34. The van der Waals surface area contributed by atoms with Crippen molar-refractivity contribution in [1.82, 2.24) is 4.90 Å². The zero-order valence-electron chi connectivity index (χ0n) is 12.3. The Hall–Kier alpha value is -1.10. The Balaban J connectivity index is 2.01. The summed E-state index contributed by atoms with van der Waals surface area (Å²) < 4.78 is 10.1. The van der Waals surface area contributed by atoms with E-state index in [9.17, 15) is 9.59 Å². The van der Waals surface area contributed by atoms with Gasteiger partial charge in [0.15, 0.2) is 6.04 Å². The molecule has 1 unspecified atom stereocenters. The Labute approximate surface area is 120 Å². The number of rotatable bonds is 2. The van der Waals surface area contributed by atoms with E-state index < -0.39 is 6.04 Å². The molecule has 1 saturated carbocycles. The topological polar surface area (TPSA) is 55.8 Å². The van der Waals surface area contributed by atoms with Crippen molar-refractivity contribution in [3.63, 3.8) is 0 Å². The van der Waals surface area contributed by atoms with Crippen LogP contribution >= 0.6 is 0 Å². The second kappa shape index (κ2) is 7.62. The van der Waals surface area contributed by atoms with Crippen molar-refractivity contribution in [2.24, 2.45) is 5.92 Å². The first kappa shape index (κ1) is 15.3. The van der Waals surface area contributed by atoms with E-state index in [1.807, 2.05) is 0 Å². The van der Waals surface area contributed by atoms with Gasteiger partial charge >= 0.3 is 5.97 Å². The van der Waals surface area contributed by atoms with Crippen LogP contribution in [0.3, 0.4) is 0 Å². The minimum absolute atomic E-state index is 0.0700. The summed E-state index contributed by atoms with van der Waals surface area (Å²) in [5.41, 5.74) is 0. The monoisotopic (exact) mass is 283 g/mol. The first-order valence-corrected chi connectivity index (χ1v) is 7.70. The molecule has 2 fully saturated rings. The molecule has 5 heteroatoms. The minimum Gasteiger partial charge on any atom is -0.467 e. The van der Waals surface area contributed by atoms with Crippen molar-refractivity contribution in [3.05, 3.63) is 0 Å². The SMILES string of the molecule is COC(=O)C1COCCN1C(=O)C1CCCCCCC1. The fourth-order valence-electron chi connectivity index (χ4n) is 3.14. The van der Waals surface area contributed by atoms with E-state index in [2.05, 4.69) is 0 Å². The molecule has 0 spiro atoms. The van der Waals surface area contributed by atoms with Crippen LogP contribution in [-0.4, -0.2) is 49.7 Å². The van der Waals surface area contributed by atoms with E-state index in [0.717, 1.165) is 25.7 Å². The van der Waals surface area contributed by atoms with Crippen LogP contribution in [0.2, 0.25) is 0 Å². The lowest BCUT2D eigenvalue weighted by atomic mass is 9.89. The molecule has 1 amide bonds. The highest BCUT2D eigenvalue weighted by Gasteiger charge is 2.36. The van der Waals surface area contributed by atoms with E-state index in [1.54, 1.807) is 4.90 Å². The van der Waals surface area contributed by atoms with Gasteiger partial charge in [-0.25, -0.2) is 4.79 Å². The molecule has 0 aromatic heterocycles. The molecule has 1 aliphatic carbocycles. The van der Waals surface area contributed by atoms with Gasteiger partial charge < -0.3 is 14.4 Å². The van der Waals surface area contributed by atoms with Crippen LogP contribution in [0.25, 0.3) is 0 Å². The summed E-state index contributed by atoms with van der Waals surface area (Å²) >= 11 is 0. The molecule has 1 aliphatic heterocycles. The highest BCUT2D eigenvalue weighted by atomic mass is 16.5. The Kier molecular flexibility index (Phi) is 5.83. The molecule has 2 rings (SSSR count). The molecule has 2 aliphatic rings. The average molecular weight is 283 g/mol. The fraction of sp³-hybridized carbons (Fsp3) is 0.867. The maximum Gasteiger partial charge on any atom is 0.331 e. The fourth-order valence-corrected chi connectivity index (χ4v) is 3.14. The van der Waals surface area contributed by atoms with Gasteiger partial charge in [0.1, 0.15) is 0 Å². The van der Waals surface area contributed by atoms with Gasteiger partial charge in [-0.3, -0.25) is 4.79 Å². The average Bonchev–Trinajstić information content (AvgIpc) is 2.45. The maximum absolute atomic E-state index is 12.7. The number of hydrogen-bond donors (Lipinski definition) is 0. The van der Waals surface area contributed by atoms with Crippen LogP contribution in [0.5, 0.6) is 0 Å². The normalized spacial score (nSPS) is 25.6. The summed E-state index contributed by atoms with van der Waals surface area (Å²) in [7, 11) is 1.36. The number of amides is 1. The molecular formula is C15H25NO4. The van der Waals surface area contributed by atoms with Gasteiger partial charge in [0.05, 0.1) is 20.3 Å². The number of carbonyl (C=O) groups excluding carboxylic acids is 2. The molecule has 1 heterocycles. The third-order valence-corrected chi connectivity index (χ3v) is 4.34. The van der Waals surface area contributed by atoms with Crippen LogP contribution in [0, 0.1) is 5.92 Å². The zero-order valence-corrected chi connectivity index (χ0v) is 12.3. The lowest BCUT2D eigenvalue weighted by molar-refractivity contribution is -0.162. The molecule has 5 nitrogen and oxygen atoms in total. The predicted molar refractivity (Wildman–Crippen MR) is 74.1 cm³/mol. The van der Waals surface area contributed by atoms with Gasteiger partial charge in [0, 0.05) is 12.5 Å². The molecular weight excluding hydrogens is 258 g/mol. The summed E-state index contributed by atoms with van der Waals surface area (Å²) in [6.07, 6.45) is 7.84. The molecule has 0 aromatic carbocycles. The summed E-state index contributed by atoms with van der Waals surface area (Å²) in [5.74, 6) is -0.185. The molecule has 0 radical (unpaired) electrons. The number of methoxy groups -OCH3 is 1. The summed E-state index contributed by atoms with van der Waals surface area (Å²) in [6.45, 7) is 1.26. The van der Waals surface area contributed by atoms with Gasteiger partial charge in [0.2, 0.25) is 5.91 Å². The second-order valence-electron chi connectivity index (χ2n) is 5.69. The number of esters is 1. The molecule has 20 heavy (non-hydrogen) atoms.